The molecule has 1 aromatic carbocycles. The van der Waals surface area contributed by atoms with Gasteiger partial charge < -0.3 is 4.74 Å². The Labute approximate surface area is 151 Å². The zero-order valence-corrected chi connectivity index (χ0v) is 15.3. The molecule has 0 aliphatic heterocycles. The molecule has 1 unspecified atom stereocenters. The van der Waals surface area contributed by atoms with Crippen LogP contribution >= 0.6 is 0 Å². The number of halogens is 3. The second-order valence-electron chi connectivity index (χ2n) is 6.13. The Kier molecular flexibility index (Phi) is 5.96. The summed E-state index contributed by atoms with van der Waals surface area (Å²) in [6.07, 6.45) is -3.14. The van der Waals surface area contributed by atoms with Gasteiger partial charge in [0.1, 0.15) is 23.3 Å². The molecule has 26 heavy (non-hydrogen) atoms. The second-order valence-corrected chi connectivity index (χ2v) is 6.13. The Morgan fingerprint density at radius 2 is 1.96 bits per heavy atom. The van der Waals surface area contributed by atoms with Crippen molar-refractivity contribution in [2.75, 3.05) is 7.11 Å². The molecule has 0 radical (unpaired) electrons. The molecule has 0 aliphatic carbocycles. The van der Waals surface area contributed by atoms with E-state index in [0.29, 0.717) is 47.1 Å². The minimum atomic E-state index is -4.24. The van der Waals surface area contributed by atoms with Crippen LogP contribution in [0.2, 0.25) is 0 Å². The fourth-order valence-corrected chi connectivity index (χ4v) is 2.88. The van der Waals surface area contributed by atoms with E-state index in [1.54, 1.807) is 22.8 Å². The molecule has 0 N–H and O–H groups in total. The van der Waals surface area contributed by atoms with Gasteiger partial charge in [0.25, 0.3) is 0 Å². The summed E-state index contributed by atoms with van der Waals surface area (Å²) in [6.45, 7) is 5.02. The van der Waals surface area contributed by atoms with Gasteiger partial charge in [-0.05, 0) is 30.5 Å². The minimum Gasteiger partial charge on any atom is -0.495 e. The highest BCUT2D eigenvalue weighted by atomic mass is 19.4. The summed E-state index contributed by atoms with van der Waals surface area (Å²) in [5.74, 6) is -0.310. The number of hydrogen-bond donors (Lipinski definition) is 0. The molecule has 1 atom stereocenters. The predicted octanol–water partition coefficient (Wildman–Crippen LogP) is 4.62. The van der Waals surface area contributed by atoms with Crippen molar-refractivity contribution < 1.29 is 17.9 Å². The van der Waals surface area contributed by atoms with Crippen LogP contribution in [0.3, 0.4) is 0 Å². The van der Waals surface area contributed by atoms with E-state index in [9.17, 15) is 18.4 Å². The molecule has 2 rings (SSSR count). The van der Waals surface area contributed by atoms with Crippen molar-refractivity contribution in [3.63, 3.8) is 0 Å². The number of aryl methyl sites for hydroxylation is 2. The van der Waals surface area contributed by atoms with E-state index in [0.717, 1.165) is 6.92 Å². The summed E-state index contributed by atoms with van der Waals surface area (Å²) in [4.78, 5) is 4.51. The van der Waals surface area contributed by atoms with Crippen molar-refractivity contribution in [3.8, 4) is 17.5 Å². The zero-order valence-electron chi connectivity index (χ0n) is 15.3. The minimum absolute atomic E-state index is 0.129. The van der Waals surface area contributed by atoms with E-state index in [1.165, 1.54) is 7.11 Å². The summed E-state index contributed by atoms with van der Waals surface area (Å²) in [6, 6.07) is 7.12. The molecule has 2 aromatic rings. The first kappa shape index (κ1) is 19.8. The topological polar surface area (TPSA) is 50.8 Å². The Morgan fingerprint density at radius 3 is 2.46 bits per heavy atom. The molecule has 4 nitrogen and oxygen atoms in total. The third-order valence-corrected chi connectivity index (χ3v) is 4.36. The molecule has 7 heteroatoms. The molecule has 1 heterocycles. The highest BCUT2D eigenvalue weighted by Crippen LogP contribution is 2.32. The molecule has 0 aliphatic rings. The lowest BCUT2D eigenvalue weighted by atomic mass is 10.00. The van der Waals surface area contributed by atoms with E-state index in [2.05, 4.69) is 11.1 Å². The number of alkyl halides is 3. The maximum atomic E-state index is 12.8. The van der Waals surface area contributed by atoms with Crippen LogP contribution in [0.5, 0.6) is 5.75 Å². The number of imidazole rings is 1. The van der Waals surface area contributed by atoms with Crippen LogP contribution in [0.25, 0.3) is 5.69 Å². The fraction of sp³-hybridized carbons (Fsp3) is 0.474. The molecular formula is C19H22F3N3O. The van der Waals surface area contributed by atoms with Gasteiger partial charge in [0, 0.05) is 6.42 Å². The first-order chi connectivity index (χ1) is 12.3. The number of nitriles is 1. The molecule has 0 amide bonds. The fourth-order valence-electron chi connectivity index (χ4n) is 2.88. The van der Waals surface area contributed by atoms with Crippen molar-refractivity contribution in [3.05, 3.63) is 41.0 Å². The van der Waals surface area contributed by atoms with E-state index in [-0.39, 0.29) is 6.42 Å². The number of hydrogen-bond acceptors (Lipinski definition) is 3. The molecule has 0 spiro atoms. The van der Waals surface area contributed by atoms with Crippen LogP contribution in [-0.4, -0.2) is 22.8 Å². The van der Waals surface area contributed by atoms with Gasteiger partial charge in [-0.1, -0.05) is 26.8 Å². The van der Waals surface area contributed by atoms with Gasteiger partial charge >= 0.3 is 6.18 Å². The summed E-state index contributed by atoms with van der Waals surface area (Å²) in [7, 11) is 1.46. The summed E-state index contributed by atoms with van der Waals surface area (Å²) in [5, 5.41) is 9.55. The molecule has 0 fully saturated rings. The first-order valence-electron chi connectivity index (χ1n) is 8.51. The zero-order chi connectivity index (χ0) is 19.5. The van der Waals surface area contributed by atoms with Crippen molar-refractivity contribution in [1.82, 2.24) is 9.55 Å². The second kappa shape index (κ2) is 7.81. The summed E-state index contributed by atoms with van der Waals surface area (Å²) >= 11 is 0. The van der Waals surface area contributed by atoms with Crippen LogP contribution in [-0.2, 0) is 19.3 Å². The van der Waals surface area contributed by atoms with Crippen LogP contribution in [0.15, 0.2) is 18.2 Å². The summed E-state index contributed by atoms with van der Waals surface area (Å²) < 4.78 is 45.6. The molecule has 0 bridgehead atoms. The van der Waals surface area contributed by atoms with Crippen LogP contribution in [0.1, 0.15) is 43.5 Å². The van der Waals surface area contributed by atoms with Crippen LogP contribution in [0, 0.1) is 17.2 Å². The van der Waals surface area contributed by atoms with E-state index >= 15 is 0 Å². The Hall–Kier alpha value is -2.49. The van der Waals surface area contributed by atoms with Crippen LogP contribution < -0.4 is 4.74 Å². The smallest absolute Gasteiger partial charge is 0.391 e. The maximum Gasteiger partial charge on any atom is 0.391 e. The molecule has 0 saturated heterocycles. The number of ether oxygens (including phenoxy) is 1. The lowest BCUT2D eigenvalue weighted by molar-refractivity contribution is -0.169. The number of aromatic nitrogens is 2. The summed E-state index contributed by atoms with van der Waals surface area (Å²) in [5.41, 5.74) is 2.26. The van der Waals surface area contributed by atoms with Crippen molar-refractivity contribution >= 4 is 0 Å². The molecule has 0 saturated carbocycles. The van der Waals surface area contributed by atoms with Crippen LogP contribution in [0.4, 0.5) is 13.2 Å². The number of rotatable bonds is 6. The standard InChI is InChI=1S/C19H22F3N3O/c1-5-14-16(11-23)25(18(6-2)24-14)15-8-7-13(10-17(15)26-4)9-12(3)19(20,21)22/h7-8,10,12H,5-6,9H2,1-4H3. The highest BCUT2D eigenvalue weighted by Gasteiger charge is 2.35. The monoisotopic (exact) mass is 365 g/mol. The Bertz CT molecular complexity index is 819. The quantitative estimate of drug-likeness (QED) is 0.751. The van der Waals surface area contributed by atoms with Gasteiger partial charge in [0.05, 0.1) is 24.4 Å². The van der Waals surface area contributed by atoms with Gasteiger partial charge in [-0.3, -0.25) is 4.57 Å². The van der Waals surface area contributed by atoms with Gasteiger partial charge in [-0.2, -0.15) is 18.4 Å². The van der Waals surface area contributed by atoms with Gasteiger partial charge in [0.2, 0.25) is 0 Å². The largest absolute Gasteiger partial charge is 0.495 e. The number of methoxy groups -OCH3 is 1. The number of benzene rings is 1. The SMILES string of the molecule is CCc1nc(CC)n(-c2ccc(CC(C)C(F)(F)F)cc2OC)c1C#N. The van der Waals surface area contributed by atoms with Crippen molar-refractivity contribution in [2.24, 2.45) is 5.92 Å². The van der Waals surface area contributed by atoms with Gasteiger partial charge in [-0.15, -0.1) is 0 Å². The van der Waals surface area contributed by atoms with Gasteiger partial charge in [-0.25, -0.2) is 4.98 Å². The third kappa shape index (κ3) is 3.85. The highest BCUT2D eigenvalue weighted by molar-refractivity contribution is 5.53. The Balaban J connectivity index is 2.53. The number of nitrogens with zero attached hydrogens (tertiary/aromatic N) is 3. The van der Waals surface area contributed by atoms with Crippen molar-refractivity contribution in [1.29, 1.82) is 5.26 Å². The van der Waals surface area contributed by atoms with E-state index in [1.807, 2.05) is 13.8 Å². The average Bonchev–Trinajstić information content (AvgIpc) is 2.98. The lowest BCUT2D eigenvalue weighted by Crippen LogP contribution is -2.21. The van der Waals surface area contributed by atoms with E-state index < -0.39 is 12.1 Å². The van der Waals surface area contributed by atoms with E-state index in [4.69, 9.17) is 4.74 Å². The van der Waals surface area contributed by atoms with Crippen molar-refractivity contribution in [2.45, 2.75) is 46.2 Å². The molecule has 140 valence electrons. The Morgan fingerprint density at radius 1 is 1.27 bits per heavy atom. The molecular weight excluding hydrogens is 343 g/mol. The molecule has 1 aromatic heterocycles. The predicted molar refractivity (Wildman–Crippen MR) is 92.5 cm³/mol. The third-order valence-electron chi connectivity index (χ3n) is 4.36. The maximum absolute atomic E-state index is 12.8. The van der Waals surface area contributed by atoms with Gasteiger partial charge in [0.15, 0.2) is 0 Å². The lowest BCUT2D eigenvalue weighted by Gasteiger charge is -2.18. The first-order valence-corrected chi connectivity index (χ1v) is 8.51. The average molecular weight is 365 g/mol. The normalized spacial score (nSPS) is 12.7.